The molecule has 9 heavy (non-hydrogen) atoms. The zero-order valence-electron chi connectivity index (χ0n) is 5.14. The molecule has 1 rings (SSSR count). The van der Waals surface area contributed by atoms with Crippen LogP contribution in [0.25, 0.3) is 0 Å². The Kier molecular flexibility index (Phi) is 8.27. The maximum atomic E-state index is 3.96. The van der Waals surface area contributed by atoms with Crippen molar-refractivity contribution in [1.29, 1.82) is 0 Å². The fourth-order valence-corrected chi connectivity index (χ4v) is 0.604. The van der Waals surface area contributed by atoms with Gasteiger partial charge in [0.05, 0.1) is 0 Å². The summed E-state index contributed by atoms with van der Waals surface area (Å²) in [5.41, 5.74) is 0. The van der Waals surface area contributed by atoms with E-state index in [1.54, 1.807) is 0 Å². The predicted octanol–water partition coefficient (Wildman–Crippen LogP) is 0.197. The Morgan fingerprint density at radius 3 is 1.22 bits per heavy atom. The standard InChI is InChI=1S/C4H10N2.CS2/c1-2-6-4-3-5-1;2-1-3/h5-6H,1-4H2;. The highest BCUT2D eigenvalue weighted by Crippen LogP contribution is 1.65. The summed E-state index contributed by atoms with van der Waals surface area (Å²) in [6.07, 6.45) is 0. The van der Waals surface area contributed by atoms with Gasteiger partial charge in [0.2, 0.25) is 0 Å². The van der Waals surface area contributed by atoms with Crippen LogP contribution in [0.1, 0.15) is 0 Å². The average Bonchev–Trinajstić information content (AvgIpc) is 1.93. The topological polar surface area (TPSA) is 24.1 Å². The van der Waals surface area contributed by atoms with Crippen molar-refractivity contribution in [3.63, 3.8) is 0 Å². The summed E-state index contributed by atoms with van der Waals surface area (Å²) in [5, 5.41) is 6.44. The first-order valence-electron chi connectivity index (χ1n) is 2.82. The SMILES string of the molecule is C1CNCCN1.S=C=S. The molecular formula is C5H10N2S2. The highest BCUT2D eigenvalue weighted by Gasteiger charge is 1.91. The molecule has 0 bridgehead atoms. The van der Waals surface area contributed by atoms with Crippen LogP contribution in [0.3, 0.4) is 0 Å². The number of rotatable bonds is 0. The van der Waals surface area contributed by atoms with Crippen LogP contribution >= 0.6 is 24.4 Å². The Hall–Kier alpha value is 0.140. The minimum absolute atomic E-state index is 1.14. The molecule has 1 aliphatic rings. The van der Waals surface area contributed by atoms with Crippen LogP contribution in [-0.4, -0.2) is 30.5 Å². The zero-order valence-corrected chi connectivity index (χ0v) is 6.78. The first kappa shape index (κ1) is 9.14. The molecule has 0 aromatic heterocycles. The van der Waals surface area contributed by atoms with Gasteiger partial charge in [0, 0.05) is 30.5 Å². The lowest BCUT2D eigenvalue weighted by Crippen LogP contribution is -2.39. The number of nitrogens with one attached hydrogen (secondary N) is 2. The van der Waals surface area contributed by atoms with Crippen molar-refractivity contribution in [2.24, 2.45) is 0 Å². The molecule has 2 N–H and O–H groups in total. The molecule has 0 unspecified atom stereocenters. The minimum atomic E-state index is 1.14. The van der Waals surface area contributed by atoms with Crippen molar-refractivity contribution < 1.29 is 0 Å². The molecule has 2 nitrogen and oxygen atoms in total. The monoisotopic (exact) mass is 162 g/mol. The van der Waals surface area contributed by atoms with E-state index in [2.05, 4.69) is 35.1 Å². The van der Waals surface area contributed by atoms with Gasteiger partial charge < -0.3 is 10.6 Å². The van der Waals surface area contributed by atoms with Gasteiger partial charge in [-0.1, -0.05) is 0 Å². The Morgan fingerprint density at radius 1 is 0.889 bits per heavy atom. The Labute approximate surface area is 66.0 Å². The smallest absolute Gasteiger partial charge is 0.0297 e. The van der Waals surface area contributed by atoms with Crippen LogP contribution in [0.2, 0.25) is 0 Å². The van der Waals surface area contributed by atoms with Crippen molar-refractivity contribution >= 4 is 28.7 Å². The van der Waals surface area contributed by atoms with Crippen molar-refractivity contribution in [1.82, 2.24) is 10.6 Å². The molecule has 0 radical (unpaired) electrons. The van der Waals surface area contributed by atoms with Crippen molar-refractivity contribution in [2.45, 2.75) is 0 Å². The van der Waals surface area contributed by atoms with Crippen molar-refractivity contribution in [2.75, 3.05) is 26.2 Å². The zero-order chi connectivity index (χ0) is 6.95. The molecule has 0 spiro atoms. The lowest BCUT2D eigenvalue weighted by molar-refractivity contribution is 0.534. The van der Waals surface area contributed by atoms with Gasteiger partial charge in [-0.3, -0.25) is 0 Å². The third kappa shape index (κ3) is 8.14. The fourth-order valence-electron chi connectivity index (χ4n) is 0.604. The summed E-state index contributed by atoms with van der Waals surface area (Å²) in [6, 6.07) is 0. The van der Waals surface area contributed by atoms with E-state index in [4.69, 9.17) is 0 Å². The van der Waals surface area contributed by atoms with Gasteiger partial charge in [0.25, 0.3) is 0 Å². The van der Waals surface area contributed by atoms with Crippen LogP contribution in [0.15, 0.2) is 0 Å². The van der Waals surface area contributed by atoms with Crippen molar-refractivity contribution in [3.05, 3.63) is 0 Å². The lowest BCUT2D eigenvalue weighted by atomic mass is 10.4. The summed E-state index contributed by atoms with van der Waals surface area (Å²) < 4.78 is 1.92. The van der Waals surface area contributed by atoms with Gasteiger partial charge in [0.15, 0.2) is 0 Å². The third-order valence-corrected chi connectivity index (χ3v) is 0.957. The van der Waals surface area contributed by atoms with E-state index in [0.717, 1.165) is 26.2 Å². The number of thiocarbonyl (C=S) groups is 2. The summed E-state index contributed by atoms with van der Waals surface area (Å²) in [5.74, 6) is 0. The van der Waals surface area contributed by atoms with E-state index < -0.39 is 0 Å². The normalized spacial score (nSPS) is 16.9. The van der Waals surface area contributed by atoms with E-state index in [9.17, 15) is 0 Å². The van der Waals surface area contributed by atoms with Crippen LogP contribution in [0.4, 0.5) is 0 Å². The largest absolute Gasteiger partial charge is 0.314 e. The first-order chi connectivity index (χ1) is 4.41. The van der Waals surface area contributed by atoms with E-state index in [1.807, 2.05) is 4.31 Å². The Balaban J connectivity index is 0.000000187. The molecule has 0 saturated carbocycles. The summed E-state index contributed by atoms with van der Waals surface area (Å²) in [4.78, 5) is 0. The van der Waals surface area contributed by atoms with E-state index in [0.29, 0.717) is 0 Å². The van der Waals surface area contributed by atoms with Crippen LogP contribution in [0, 0.1) is 0 Å². The van der Waals surface area contributed by atoms with Gasteiger partial charge in [-0.25, -0.2) is 0 Å². The van der Waals surface area contributed by atoms with Crippen LogP contribution < -0.4 is 10.6 Å². The fraction of sp³-hybridized carbons (Fsp3) is 0.800. The molecule has 0 aromatic carbocycles. The predicted molar refractivity (Wildman–Crippen MR) is 45.9 cm³/mol. The van der Waals surface area contributed by atoms with Gasteiger partial charge in [-0.05, 0) is 24.4 Å². The summed E-state index contributed by atoms with van der Waals surface area (Å²) in [6.45, 7) is 4.56. The van der Waals surface area contributed by atoms with Crippen LogP contribution in [0.5, 0.6) is 0 Å². The maximum Gasteiger partial charge on any atom is 0.0297 e. The average molecular weight is 162 g/mol. The molecule has 0 amide bonds. The Morgan fingerprint density at radius 2 is 1.11 bits per heavy atom. The van der Waals surface area contributed by atoms with Crippen LogP contribution in [-0.2, 0) is 0 Å². The van der Waals surface area contributed by atoms with Gasteiger partial charge in [-0.15, -0.1) is 0 Å². The number of hydrogen-bond acceptors (Lipinski definition) is 4. The summed E-state index contributed by atoms with van der Waals surface area (Å²) in [7, 11) is 0. The molecule has 1 fully saturated rings. The van der Waals surface area contributed by atoms with E-state index in [1.165, 1.54) is 0 Å². The minimum Gasteiger partial charge on any atom is -0.314 e. The molecule has 1 aliphatic heterocycles. The lowest BCUT2D eigenvalue weighted by Gasteiger charge is -2.11. The molecule has 4 heteroatoms. The van der Waals surface area contributed by atoms with Gasteiger partial charge >= 0.3 is 0 Å². The number of hydrogen-bond donors (Lipinski definition) is 2. The first-order valence-corrected chi connectivity index (χ1v) is 3.64. The quantitative estimate of drug-likeness (QED) is 0.497. The van der Waals surface area contributed by atoms with Crippen molar-refractivity contribution in [3.8, 4) is 0 Å². The van der Waals surface area contributed by atoms with Gasteiger partial charge in [-0.2, -0.15) is 0 Å². The molecular weight excluding hydrogens is 152 g/mol. The maximum absolute atomic E-state index is 3.96. The highest BCUT2D eigenvalue weighted by molar-refractivity contribution is 7.93. The van der Waals surface area contributed by atoms with E-state index in [-0.39, 0.29) is 0 Å². The second kappa shape index (κ2) is 8.14. The molecule has 1 heterocycles. The molecule has 0 atom stereocenters. The highest BCUT2D eigenvalue weighted by atomic mass is 32.1. The second-order valence-electron chi connectivity index (χ2n) is 1.58. The molecule has 1 saturated heterocycles. The number of piperazine rings is 1. The molecule has 0 aromatic rings. The second-order valence-corrected chi connectivity index (χ2v) is 2.25. The third-order valence-electron chi connectivity index (χ3n) is 0.957. The van der Waals surface area contributed by atoms with E-state index >= 15 is 0 Å². The summed E-state index contributed by atoms with van der Waals surface area (Å²) >= 11 is 7.92. The Bertz CT molecular complexity index is 73.4. The van der Waals surface area contributed by atoms with Gasteiger partial charge in [0.1, 0.15) is 0 Å². The molecule has 0 aliphatic carbocycles. The molecule has 52 valence electrons.